The molecule has 0 fully saturated rings. The second-order valence-electron chi connectivity index (χ2n) is 2.54. The van der Waals surface area contributed by atoms with Gasteiger partial charge in [0, 0.05) is 14.6 Å². The lowest BCUT2D eigenvalue weighted by Gasteiger charge is -2.08. The first-order valence-electron chi connectivity index (χ1n) is 3.76. The average molecular weight is 247 g/mol. The van der Waals surface area contributed by atoms with Gasteiger partial charge in [0.15, 0.2) is 0 Å². The Bertz CT molecular complexity index is 252. The van der Waals surface area contributed by atoms with E-state index >= 15 is 0 Å². The van der Waals surface area contributed by atoms with Crippen molar-refractivity contribution in [2.45, 2.75) is 17.1 Å². The molecule has 66 valence electrons. The normalized spacial score (nSPS) is 12.9. The van der Waals surface area contributed by atoms with Crippen molar-refractivity contribution in [1.29, 1.82) is 0 Å². The summed E-state index contributed by atoms with van der Waals surface area (Å²) in [6.45, 7) is 2.22. The molecular weight excluding hydrogens is 236 g/mol. The molecule has 0 saturated heterocycles. The van der Waals surface area contributed by atoms with Crippen LogP contribution in [0.3, 0.4) is 0 Å². The quantitative estimate of drug-likeness (QED) is 0.829. The Hall–Kier alpha value is 0.01000. The Morgan fingerprint density at radius 2 is 2.17 bits per heavy atom. The first-order chi connectivity index (χ1) is 5.74. The van der Waals surface area contributed by atoms with Crippen molar-refractivity contribution in [3.8, 4) is 0 Å². The molecule has 0 aliphatic carbocycles. The molecule has 0 bridgehead atoms. The third-order valence-electron chi connectivity index (χ3n) is 1.42. The molecule has 0 radical (unpaired) electrons. The second-order valence-corrected chi connectivity index (χ2v) is 4.88. The second kappa shape index (κ2) is 4.90. The highest BCUT2D eigenvalue weighted by atomic mass is 79.9. The summed E-state index contributed by atoms with van der Waals surface area (Å²) in [6, 6.07) is 8.03. The Kier molecular flexibility index (Phi) is 4.12. The third kappa shape index (κ3) is 2.81. The lowest BCUT2D eigenvalue weighted by atomic mass is 10.4. The minimum Gasteiger partial charge on any atom is -0.395 e. The van der Waals surface area contributed by atoms with E-state index in [-0.39, 0.29) is 11.9 Å². The van der Waals surface area contributed by atoms with Crippen LogP contribution in [0.4, 0.5) is 0 Å². The highest BCUT2D eigenvalue weighted by Gasteiger charge is 2.04. The fraction of sp³-hybridized carbons (Fsp3) is 0.333. The van der Waals surface area contributed by atoms with E-state index in [1.807, 2.05) is 31.2 Å². The number of rotatable bonds is 3. The summed E-state index contributed by atoms with van der Waals surface area (Å²) in [5.74, 6) is 0. The van der Waals surface area contributed by atoms with Crippen LogP contribution in [0.2, 0.25) is 0 Å². The molecule has 0 aliphatic rings. The zero-order valence-corrected chi connectivity index (χ0v) is 9.23. The highest BCUT2D eigenvalue weighted by molar-refractivity contribution is 9.10. The molecule has 12 heavy (non-hydrogen) atoms. The van der Waals surface area contributed by atoms with Crippen LogP contribution in [0.5, 0.6) is 0 Å². The SMILES string of the molecule is CC(CO)Sc1ccccc1Br. The predicted molar refractivity (Wildman–Crippen MR) is 56.5 cm³/mol. The van der Waals surface area contributed by atoms with Crippen molar-refractivity contribution in [2.24, 2.45) is 0 Å². The Balaban J connectivity index is 2.69. The van der Waals surface area contributed by atoms with Crippen LogP contribution in [-0.4, -0.2) is 17.0 Å². The van der Waals surface area contributed by atoms with Gasteiger partial charge in [-0.3, -0.25) is 0 Å². The Morgan fingerprint density at radius 3 is 2.75 bits per heavy atom. The zero-order valence-electron chi connectivity index (χ0n) is 6.83. The van der Waals surface area contributed by atoms with Crippen molar-refractivity contribution in [2.75, 3.05) is 6.61 Å². The maximum Gasteiger partial charge on any atom is 0.0550 e. The van der Waals surface area contributed by atoms with Gasteiger partial charge in [-0.1, -0.05) is 19.1 Å². The van der Waals surface area contributed by atoms with Crippen LogP contribution in [0, 0.1) is 0 Å². The fourth-order valence-corrected chi connectivity index (χ4v) is 2.21. The number of aliphatic hydroxyl groups excluding tert-OH is 1. The van der Waals surface area contributed by atoms with Gasteiger partial charge in [0.2, 0.25) is 0 Å². The smallest absolute Gasteiger partial charge is 0.0550 e. The van der Waals surface area contributed by atoms with Gasteiger partial charge in [0.1, 0.15) is 0 Å². The summed E-state index contributed by atoms with van der Waals surface area (Å²) in [6.07, 6.45) is 0. The summed E-state index contributed by atoms with van der Waals surface area (Å²) in [5.41, 5.74) is 0. The molecule has 0 saturated carbocycles. The van der Waals surface area contributed by atoms with E-state index in [1.54, 1.807) is 11.8 Å². The highest BCUT2D eigenvalue weighted by Crippen LogP contribution is 2.29. The number of benzene rings is 1. The van der Waals surface area contributed by atoms with Gasteiger partial charge in [-0.05, 0) is 28.1 Å². The van der Waals surface area contributed by atoms with Gasteiger partial charge in [-0.2, -0.15) is 0 Å². The van der Waals surface area contributed by atoms with E-state index in [0.29, 0.717) is 0 Å². The summed E-state index contributed by atoms with van der Waals surface area (Å²) in [5, 5.41) is 9.10. The van der Waals surface area contributed by atoms with Gasteiger partial charge in [-0.15, -0.1) is 11.8 Å². The molecule has 1 aromatic rings. The fourth-order valence-electron chi connectivity index (χ4n) is 0.794. The van der Waals surface area contributed by atoms with Crippen molar-refractivity contribution in [3.05, 3.63) is 28.7 Å². The monoisotopic (exact) mass is 246 g/mol. The maximum absolute atomic E-state index is 8.85. The van der Waals surface area contributed by atoms with E-state index in [0.717, 1.165) is 4.47 Å². The van der Waals surface area contributed by atoms with Gasteiger partial charge < -0.3 is 5.11 Å². The summed E-state index contributed by atoms with van der Waals surface area (Å²) >= 11 is 5.12. The lowest BCUT2D eigenvalue weighted by molar-refractivity contribution is 0.300. The van der Waals surface area contributed by atoms with Gasteiger partial charge in [-0.25, -0.2) is 0 Å². The van der Waals surface area contributed by atoms with Crippen molar-refractivity contribution in [3.63, 3.8) is 0 Å². The minimum atomic E-state index is 0.214. The molecule has 1 nitrogen and oxygen atoms in total. The first kappa shape index (κ1) is 10.1. The third-order valence-corrected chi connectivity index (χ3v) is 3.54. The van der Waals surface area contributed by atoms with Crippen LogP contribution in [-0.2, 0) is 0 Å². The van der Waals surface area contributed by atoms with Crippen molar-refractivity contribution in [1.82, 2.24) is 0 Å². The molecule has 1 atom stereocenters. The van der Waals surface area contributed by atoms with E-state index in [4.69, 9.17) is 5.11 Å². The summed E-state index contributed by atoms with van der Waals surface area (Å²) in [7, 11) is 0. The van der Waals surface area contributed by atoms with E-state index in [9.17, 15) is 0 Å². The number of aliphatic hydroxyl groups is 1. The Labute approximate surface area is 85.3 Å². The molecule has 0 amide bonds. The van der Waals surface area contributed by atoms with Crippen molar-refractivity contribution < 1.29 is 5.11 Å². The molecule has 1 rings (SSSR count). The molecule has 0 spiro atoms. The largest absolute Gasteiger partial charge is 0.395 e. The molecular formula is C9H11BrOS. The lowest BCUT2D eigenvalue weighted by Crippen LogP contribution is -2.01. The number of hydrogen-bond acceptors (Lipinski definition) is 2. The van der Waals surface area contributed by atoms with Gasteiger partial charge >= 0.3 is 0 Å². The summed E-state index contributed by atoms with van der Waals surface area (Å²) in [4.78, 5) is 1.18. The number of hydrogen-bond donors (Lipinski definition) is 1. The molecule has 3 heteroatoms. The van der Waals surface area contributed by atoms with Crippen LogP contribution in [0.1, 0.15) is 6.92 Å². The van der Waals surface area contributed by atoms with Crippen LogP contribution in [0.15, 0.2) is 33.6 Å². The standard InChI is InChI=1S/C9H11BrOS/c1-7(6-11)12-9-5-3-2-4-8(9)10/h2-5,7,11H,6H2,1H3. The van der Waals surface area contributed by atoms with E-state index in [1.165, 1.54) is 4.90 Å². The molecule has 0 aliphatic heterocycles. The molecule has 1 unspecified atom stereocenters. The Morgan fingerprint density at radius 1 is 1.50 bits per heavy atom. The van der Waals surface area contributed by atoms with Gasteiger partial charge in [0.05, 0.1) is 6.61 Å². The molecule has 0 aromatic heterocycles. The van der Waals surface area contributed by atoms with Crippen molar-refractivity contribution >= 4 is 27.7 Å². The topological polar surface area (TPSA) is 20.2 Å². The van der Waals surface area contributed by atoms with Crippen LogP contribution >= 0.6 is 27.7 Å². The summed E-state index contributed by atoms with van der Waals surface area (Å²) < 4.78 is 1.09. The predicted octanol–water partition coefficient (Wildman–Crippen LogP) is 2.92. The first-order valence-corrected chi connectivity index (χ1v) is 5.43. The zero-order chi connectivity index (χ0) is 8.97. The van der Waals surface area contributed by atoms with E-state index in [2.05, 4.69) is 15.9 Å². The minimum absolute atomic E-state index is 0.214. The van der Waals surface area contributed by atoms with Gasteiger partial charge in [0.25, 0.3) is 0 Å². The molecule has 0 heterocycles. The van der Waals surface area contributed by atoms with Crippen LogP contribution in [0.25, 0.3) is 0 Å². The average Bonchev–Trinajstić information content (AvgIpc) is 2.09. The molecule has 1 N–H and O–H groups in total. The number of thioether (sulfide) groups is 1. The number of halogens is 1. The van der Waals surface area contributed by atoms with Crippen LogP contribution < -0.4 is 0 Å². The molecule has 1 aromatic carbocycles. The van der Waals surface area contributed by atoms with E-state index < -0.39 is 0 Å². The maximum atomic E-state index is 8.85.